The van der Waals surface area contributed by atoms with Gasteiger partial charge in [0.25, 0.3) is 5.91 Å². The first-order valence-corrected chi connectivity index (χ1v) is 9.54. The largest absolute Gasteiger partial charge is 0.489 e. The molecule has 1 amide bonds. The molecule has 0 aliphatic carbocycles. The summed E-state index contributed by atoms with van der Waals surface area (Å²) < 4.78 is 10.7. The second-order valence-electron chi connectivity index (χ2n) is 6.49. The van der Waals surface area contributed by atoms with Crippen molar-refractivity contribution in [2.24, 2.45) is 0 Å². The third-order valence-electron chi connectivity index (χ3n) is 4.80. The Kier molecular flexibility index (Phi) is 5.61. The van der Waals surface area contributed by atoms with E-state index in [9.17, 15) is 9.59 Å². The van der Waals surface area contributed by atoms with Crippen molar-refractivity contribution in [1.82, 2.24) is 4.90 Å². The Labute approximate surface area is 157 Å². The maximum Gasteiger partial charge on any atom is 0.328 e. The van der Waals surface area contributed by atoms with E-state index in [1.807, 2.05) is 30.5 Å². The number of likely N-dealkylation sites (tertiary alicyclic amines) is 1. The molecule has 0 spiro atoms. The van der Waals surface area contributed by atoms with E-state index in [-0.39, 0.29) is 11.9 Å². The molecule has 1 aliphatic rings. The number of methoxy groups -OCH3 is 1. The Morgan fingerprint density at radius 2 is 2.12 bits per heavy atom. The number of ether oxygens (including phenoxy) is 2. The minimum absolute atomic E-state index is 0.110. The summed E-state index contributed by atoms with van der Waals surface area (Å²) in [5, 5.41) is 1.93. The van der Waals surface area contributed by atoms with E-state index in [1.165, 1.54) is 24.0 Å². The molecule has 1 unspecified atom stereocenters. The van der Waals surface area contributed by atoms with Gasteiger partial charge in [-0.1, -0.05) is 12.1 Å². The maximum atomic E-state index is 12.8. The van der Waals surface area contributed by atoms with Crippen LogP contribution in [0.2, 0.25) is 0 Å². The van der Waals surface area contributed by atoms with E-state index >= 15 is 0 Å². The first-order chi connectivity index (χ1) is 12.5. The monoisotopic (exact) mass is 373 g/mol. The van der Waals surface area contributed by atoms with Crippen molar-refractivity contribution < 1.29 is 19.1 Å². The summed E-state index contributed by atoms with van der Waals surface area (Å²) in [7, 11) is 1.36. The van der Waals surface area contributed by atoms with Gasteiger partial charge in [-0.15, -0.1) is 11.3 Å². The number of carbonyl (C=O) groups is 2. The number of benzene rings is 1. The molecular weight excluding hydrogens is 350 g/mol. The minimum Gasteiger partial charge on any atom is -0.489 e. The quantitative estimate of drug-likeness (QED) is 0.750. The van der Waals surface area contributed by atoms with Crippen LogP contribution in [0.5, 0.6) is 5.75 Å². The van der Waals surface area contributed by atoms with Crippen molar-refractivity contribution in [3.05, 3.63) is 51.2 Å². The van der Waals surface area contributed by atoms with Crippen molar-refractivity contribution in [3.8, 4) is 5.75 Å². The number of hydrogen-bond acceptors (Lipinski definition) is 5. The van der Waals surface area contributed by atoms with Gasteiger partial charge in [0.15, 0.2) is 0 Å². The van der Waals surface area contributed by atoms with E-state index < -0.39 is 6.04 Å². The molecule has 26 heavy (non-hydrogen) atoms. The van der Waals surface area contributed by atoms with Crippen LogP contribution >= 0.6 is 11.3 Å². The lowest BCUT2D eigenvalue weighted by Gasteiger charge is -2.21. The number of rotatable bonds is 5. The second-order valence-corrected chi connectivity index (χ2v) is 7.40. The summed E-state index contributed by atoms with van der Waals surface area (Å²) in [6.45, 7) is 5.09. The number of carbonyl (C=O) groups excluding carboxylic acids is 2. The number of amides is 1. The summed E-state index contributed by atoms with van der Waals surface area (Å²) in [6.07, 6.45) is 1.48. The molecular formula is C20H23NO4S. The molecule has 1 aromatic heterocycles. The van der Waals surface area contributed by atoms with Crippen LogP contribution in [0.3, 0.4) is 0 Å². The van der Waals surface area contributed by atoms with Crippen LogP contribution in [-0.4, -0.2) is 36.5 Å². The third kappa shape index (κ3) is 3.75. The normalized spacial score (nSPS) is 16.6. The number of thiophene rings is 1. The minimum atomic E-state index is -0.468. The molecule has 5 nitrogen and oxygen atoms in total. The van der Waals surface area contributed by atoms with Crippen molar-refractivity contribution in [2.75, 3.05) is 13.7 Å². The summed E-state index contributed by atoms with van der Waals surface area (Å²) in [6, 6.07) is 7.36. The molecule has 2 aromatic rings. The second kappa shape index (κ2) is 7.91. The molecule has 1 saturated heterocycles. The molecule has 0 bridgehead atoms. The van der Waals surface area contributed by atoms with Crippen molar-refractivity contribution >= 4 is 23.2 Å². The molecule has 138 valence electrons. The fourth-order valence-corrected chi connectivity index (χ4v) is 3.99. The molecule has 1 aliphatic heterocycles. The summed E-state index contributed by atoms with van der Waals surface area (Å²) in [5.74, 6) is 0.404. The van der Waals surface area contributed by atoms with Crippen LogP contribution in [0.4, 0.5) is 0 Å². The van der Waals surface area contributed by atoms with E-state index in [0.717, 1.165) is 23.3 Å². The first-order valence-electron chi connectivity index (χ1n) is 8.66. The molecule has 1 aromatic carbocycles. The van der Waals surface area contributed by atoms with Gasteiger partial charge in [-0.2, -0.15) is 0 Å². The lowest BCUT2D eigenvalue weighted by molar-refractivity contribution is -0.145. The van der Waals surface area contributed by atoms with Gasteiger partial charge in [0.05, 0.1) is 12.0 Å². The lowest BCUT2D eigenvalue weighted by Crippen LogP contribution is -2.40. The molecule has 0 radical (unpaired) electrons. The molecule has 1 atom stereocenters. The first kappa shape index (κ1) is 18.5. The van der Waals surface area contributed by atoms with Crippen LogP contribution in [0.15, 0.2) is 29.6 Å². The average Bonchev–Trinajstić information content (AvgIpc) is 3.31. The van der Waals surface area contributed by atoms with Gasteiger partial charge in [0.1, 0.15) is 18.4 Å². The summed E-state index contributed by atoms with van der Waals surface area (Å²) in [4.78, 5) is 26.8. The molecule has 0 N–H and O–H groups in total. The molecule has 6 heteroatoms. The lowest BCUT2D eigenvalue weighted by atomic mass is 10.1. The smallest absolute Gasteiger partial charge is 0.328 e. The van der Waals surface area contributed by atoms with Crippen molar-refractivity contribution in [1.29, 1.82) is 0 Å². The maximum absolute atomic E-state index is 12.8. The van der Waals surface area contributed by atoms with Gasteiger partial charge in [-0.05, 0) is 55.3 Å². The zero-order valence-electron chi connectivity index (χ0n) is 15.3. The fraction of sp³-hybridized carbons (Fsp3) is 0.400. The molecule has 2 heterocycles. The molecule has 3 rings (SSSR count). The van der Waals surface area contributed by atoms with Crippen LogP contribution in [0, 0.1) is 13.8 Å². The van der Waals surface area contributed by atoms with Gasteiger partial charge >= 0.3 is 5.97 Å². The topological polar surface area (TPSA) is 55.8 Å². The van der Waals surface area contributed by atoms with Gasteiger partial charge in [-0.25, -0.2) is 4.79 Å². The highest BCUT2D eigenvalue weighted by Crippen LogP contribution is 2.26. The summed E-state index contributed by atoms with van der Waals surface area (Å²) in [5.41, 5.74) is 3.26. The highest BCUT2D eigenvalue weighted by Gasteiger charge is 2.35. The van der Waals surface area contributed by atoms with E-state index in [0.29, 0.717) is 24.4 Å². The van der Waals surface area contributed by atoms with Crippen LogP contribution < -0.4 is 4.74 Å². The standard InChI is InChI=1S/C20H23NO4S/c1-13-6-4-8-17(14(13)2)25-11-15-10-18(26-12-15)19(22)21-9-5-7-16(21)20(23)24-3/h4,6,8,10,12,16H,5,7,9,11H2,1-3H3. The van der Waals surface area contributed by atoms with Crippen LogP contribution in [0.25, 0.3) is 0 Å². The third-order valence-corrected chi connectivity index (χ3v) is 5.77. The summed E-state index contributed by atoms with van der Waals surface area (Å²) >= 11 is 1.39. The van der Waals surface area contributed by atoms with Gasteiger partial charge in [0.2, 0.25) is 0 Å². The Morgan fingerprint density at radius 1 is 1.31 bits per heavy atom. The Hall–Kier alpha value is -2.34. The average molecular weight is 373 g/mol. The van der Waals surface area contributed by atoms with Gasteiger partial charge in [0, 0.05) is 12.1 Å². The Morgan fingerprint density at radius 3 is 2.88 bits per heavy atom. The number of esters is 1. The molecule has 0 saturated carbocycles. The van der Waals surface area contributed by atoms with E-state index in [4.69, 9.17) is 9.47 Å². The molecule has 1 fully saturated rings. The van der Waals surface area contributed by atoms with Gasteiger partial charge in [-0.3, -0.25) is 4.79 Å². The Bertz CT molecular complexity index is 814. The van der Waals surface area contributed by atoms with E-state index in [1.54, 1.807) is 4.90 Å². The zero-order chi connectivity index (χ0) is 18.7. The van der Waals surface area contributed by atoms with E-state index in [2.05, 4.69) is 13.0 Å². The van der Waals surface area contributed by atoms with Crippen molar-refractivity contribution in [3.63, 3.8) is 0 Å². The number of hydrogen-bond donors (Lipinski definition) is 0. The Balaban J connectivity index is 1.66. The number of aryl methyl sites for hydroxylation is 1. The van der Waals surface area contributed by atoms with Crippen molar-refractivity contribution in [2.45, 2.75) is 39.3 Å². The predicted octanol–water partition coefficient (Wildman–Crippen LogP) is 3.72. The number of nitrogens with zero attached hydrogens (tertiary/aromatic N) is 1. The fourth-order valence-electron chi connectivity index (χ4n) is 3.14. The van der Waals surface area contributed by atoms with Gasteiger partial charge < -0.3 is 14.4 Å². The van der Waals surface area contributed by atoms with Crippen LogP contribution in [0.1, 0.15) is 39.2 Å². The highest BCUT2D eigenvalue weighted by atomic mass is 32.1. The van der Waals surface area contributed by atoms with Crippen LogP contribution in [-0.2, 0) is 16.1 Å². The zero-order valence-corrected chi connectivity index (χ0v) is 16.1. The predicted molar refractivity (Wildman–Crippen MR) is 101 cm³/mol. The SMILES string of the molecule is COC(=O)C1CCCN1C(=O)c1cc(COc2cccc(C)c2C)cs1. The highest BCUT2D eigenvalue weighted by molar-refractivity contribution is 7.12.